The summed E-state index contributed by atoms with van der Waals surface area (Å²) in [6, 6.07) is -1.37. The molecule has 0 radical (unpaired) electrons. The summed E-state index contributed by atoms with van der Waals surface area (Å²) in [5, 5.41) is 10.3. The fourth-order valence-electron chi connectivity index (χ4n) is 7.25. The summed E-state index contributed by atoms with van der Waals surface area (Å²) in [6.45, 7) is 6.13. The maximum absolute atomic E-state index is 14.4. The van der Waals surface area contributed by atoms with Gasteiger partial charge in [0.1, 0.15) is 29.8 Å². The molecule has 1 N–H and O–H groups in total. The average molecular weight is 487 g/mol. The van der Waals surface area contributed by atoms with Gasteiger partial charge >= 0.3 is 5.97 Å². The normalized spacial score (nSPS) is 38.2. The lowest BCUT2D eigenvalue weighted by Gasteiger charge is -2.43. The van der Waals surface area contributed by atoms with Crippen LogP contribution in [0.2, 0.25) is 0 Å². The van der Waals surface area contributed by atoms with E-state index in [-0.39, 0.29) is 37.0 Å². The van der Waals surface area contributed by atoms with Crippen molar-refractivity contribution in [2.45, 2.75) is 88.6 Å². The lowest BCUT2D eigenvalue weighted by Crippen LogP contribution is -2.61. The maximum Gasteiger partial charge on any atom is 0.313 e. The Labute approximate surface area is 207 Å². The molecule has 192 valence electrons. The number of aliphatic hydroxyl groups excluding tert-OH is 1. The minimum Gasteiger partial charge on any atom is -0.461 e. The highest BCUT2D eigenvalue weighted by molar-refractivity contribution is 5.99. The quantitative estimate of drug-likeness (QED) is 0.473. The van der Waals surface area contributed by atoms with Gasteiger partial charge in [0.25, 0.3) is 0 Å². The molecule has 8 heteroatoms. The van der Waals surface area contributed by atoms with Gasteiger partial charge in [0.15, 0.2) is 0 Å². The summed E-state index contributed by atoms with van der Waals surface area (Å²) in [5.41, 5.74) is -2.31. The van der Waals surface area contributed by atoms with Gasteiger partial charge in [-0.2, -0.15) is 0 Å². The molecule has 0 aromatic rings. The molecule has 1 saturated carbocycles. The number of esters is 1. The van der Waals surface area contributed by atoms with Gasteiger partial charge in [0.05, 0.1) is 18.6 Å². The molecular weight excluding hydrogens is 448 g/mol. The van der Waals surface area contributed by atoms with Crippen molar-refractivity contribution in [3.05, 3.63) is 24.3 Å². The Hall–Kier alpha value is -2.19. The number of amides is 2. The van der Waals surface area contributed by atoms with Crippen LogP contribution in [0.15, 0.2) is 24.3 Å². The Morgan fingerprint density at radius 1 is 1.06 bits per heavy atom. The number of ether oxygens (including phenoxy) is 2. The molecular formula is C27H38N2O6. The first-order chi connectivity index (χ1) is 16.8. The number of hydrogen-bond acceptors (Lipinski definition) is 6. The van der Waals surface area contributed by atoms with Crippen LogP contribution in [-0.4, -0.2) is 81.8 Å². The highest BCUT2D eigenvalue weighted by Crippen LogP contribution is 2.59. The van der Waals surface area contributed by atoms with Crippen molar-refractivity contribution in [3.8, 4) is 0 Å². The van der Waals surface area contributed by atoms with Gasteiger partial charge in [-0.25, -0.2) is 0 Å². The number of fused-ring (bicyclic) bond motifs is 2. The zero-order valence-corrected chi connectivity index (χ0v) is 21.0. The second-order valence-electron chi connectivity index (χ2n) is 11.1. The molecule has 0 aromatic carbocycles. The third kappa shape index (κ3) is 3.50. The molecule has 1 aliphatic carbocycles. The van der Waals surface area contributed by atoms with Crippen molar-refractivity contribution in [1.82, 2.24) is 9.80 Å². The molecule has 2 amide bonds. The number of aliphatic hydroxyl groups is 1. The van der Waals surface area contributed by atoms with Gasteiger partial charge in [-0.1, -0.05) is 58.3 Å². The first-order valence-electron chi connectivity index (χ1n) is 13.3. The molecule has 4 aliphatic heterocycles. The van der Waals surface area contributed by atoms with Gasteiger partial charge in [0.2, 0.25) is 11.8 Å². The van der Waals surface area contributed by atoms with Crippen LogP contribution in [0.5, 0.6) is 0 Å². The third-order valence-corrected chi connectivity index (χ3v) is 8.99. The van der Waals surface area contributed by atoms with Crippen LogP contribution in [-0.2, 0) is 23.9 Å². The Balaban J connectivity index is 1.66. The number of hydrogen-bond donors (Lipinski definition) is 1. The summed E-state index contributed by atoms with van der Waals surface area (Å²) >= 11 is 0. The van der Waals surface area contributed by atoms with Crippen molar-refractivity contribution in [3.63, 3.8) is 0 Å². The summed E-state index contributed by atoms with van der Waals surface area (Å²) < 4.78 is 12.3. The van der Waals surface area contributed by atoms with E-state index in [0.29, 0.717) is 13.0 Å². The summed E-state index contributed by atoms with van der Waals surface area (Å²) in [7, 11) is 0. The minimum absolute atomic E-state index is 0.0834. The lowest BCUT2D eigenvalue weighted by molar-refractivity contribution is -0.162. The molecule has 6 atom stereocenters. The van der Waals surface area contributed by atoms with Crippen molar-refractivity contribution in [2.24, 2.45) is 17.8 Å². The molecule has 0 aromatic heterocycles. The summed E-state index contributed by atoms with van der Waals surface area (Å²) in [6.07, 6.45) is 13.2. The van der Waals surface area contributed by atoms with E-state index in [4.69, 9.17) is 9.47 Å². The van der Waals surface area contributed by atoms with Gasteiger partial charge in [0, 0.05) is 12.6 Å². The fraction of sp³-hybridized carbons (Fsp3) is 0.741. The summed E-state index contributed by atoms with van der Waals surface area (Å²) in [4.78, 5) is 45.4. The molecule has 4 heterocycles. The number of cyclic esters (lactones) is 1. The Morgan fingerprint density at radius 2 is 1.80 bits per heavy atom. The van der Waals surface area contributed by atoms with E-state index < -0.39 is 41.1 Å². The monoisotopic (exact) mass is 486 g/mol. The van der Waals surface area contributed by atoms with E-state index in [9.17, 15) is 19.5 Å². The SMILES string of the molecule is CC[C@]12C=CCOC(=O)[C@H]1[C@H]1C(=O)N([C@@H](CO)C(C)C)C3C(=O)N(C4CCCCC4)CC=C[C@@]31O2. The molecule has 5 aliphatic rings. The highest BCUT2D eigenvalue weighted by atomic mass is 16.6. The van der Waals surface area contributed by atoms with Crippen LogP contribution in [0.25, 0.3) is 0 Å². The zero-order valence-electron chi connectivity index (χ0n) is 21.0. The van der Waals surface area contributed by atoms with E-state index in [2.05, 4.69) is 0 Å². The first-order valence-corrected chi connectivity index (χ1v) is 13.3. The van der Waals surface area contributed by atoms with E-state index in [1.165, 1.54) is 6.42 Å². The lowest BCUT2D eigenvalue weighted by atomic mass is 9.73. The van der Waals surface area contributed by atoms with Crippen LogP contribution >= 0.6 is 0 Å². The molecule has 0 bridgehead atoms. The highest BCUT2D eigenvalue weighted by Gasteiger charge is 2.76. The van der Waals surface area contributed by atoms with E-state index in [0.717, 1.165) is 25.7 Å². The average Bonchev–Trinajstić information content (AvgIpc) is 3.12. The molecule has 1 spiro atoms. The smallest absolute Gasteiger partial charge is 0.313 e. The molecule has 2 saturated heterocycles. The van der Waals surface area contributed by atoms with Gasteiger partial charge in [-0.3, -0.25) is 14.4 Å². The van der Waals surface area contributed by atoms with Crippen LogP contribution < -0.4 is 0 Å². The predicted octanol–water partition coefficient (Wildman–Crippen LogP) is 2.21. The van der Waals surface area contributed by atoms with Gasteiger partial charge in [-0.15, -0.1) is 0 Å². The minimum atomic E-state index is -1.29. The molecule has 5 rings (SSSR count). The van der Waals surface area contributed by atoms with Crippen LogP contribution in [0.1, 0.15) is 59.3 Å². The number of nitrogens with zero attached hydrogens (tertiary/aromatic N) is 2. The molecule has 1 unspecified atom stereocenters. The van der Waals surface area contributed by atoms with Crippen LogP contribution in [0.3, 0.4) is 0 Å². The second kappa shape index (κ2) is 9.04. The van der Waals surface area contributed by atoms with Crippen molar-refractivity contribution in [2.75, 3.05) is 19.8 Å². The summed E-state index contributed by atoms with van der Waals surface area (Å²) in [5.74, 6) is -2.74. The fourth-order valence-corrected chi connectivity index (χ4v) is 7.25. The Morgan fingerprint density at radius 3 is 2.46 bits per heavy atom. The van der Waals surface area contributed by atoms with Crippen molar-refractivity contribution >= 4 is 17.8 Å². The molecule has 35 heavy (non-hydrogen) atoms. The largest absolute Gasteiger partial charge is 0.461 e. The van der Waals surface area contributed by atoms with Crippen LogP contribution in [0, 0.1) is 17.8 Å². The number of likely N-dealkylation sites (tertiary alicyclic amines) is 1. The Bertz CT molecular complexity index is 940. The second-order valence-corrected chi connectivity index (χ2v) is 11.1. The third-order valence-electron chi connectivity index (χ3n) is 8.99. The maximum atomic E-state index is 14.4. The standard InChI is InChI=1S/C27H38N2O6/c1-4-26-12-9-15-34-25(33)21(26)20-23(31)29(19(16-30)17(2)3)22-24(32)28(18-10-6-5-7-11-18)14-8-13-27(20,22)35-26/h8-9,12-13,17-22,30H,4-7,10-11,14-16H2,1-3H3/t19-,20-,21+,22?,26-,27-/m0/s1. The Kier molecular flexibility index (Phi) is 6.33. The zero-order chi connectivity index (χ0) is 25.0. The van der Waals surface area contributed by atoms with Gasteiger partial charge in [-0.05, 0) is 31.3 Å². The van der Waals surface area contributed by atoms with Crippen molar-refractivity contribution in [1.29, 1.82) is 0 Å². The van der Waals surface area contributed by atoms with E-state index in [1.54, 1.807) is 11.0 Å². The first kappa shape index (κ1) is 24.5. The molecule has 8 nitrogen and oxygen atoms in total. The number of carbonyl (C=O) groups is 3. The van der Waals surface area contributed by atoms with Crippen molar-refractivity contribution < 1.29 is 29.0 Å². The number of rotatable bonds is 5. The topological polar surface area (TPSA) is 96.4 Å². The van der Waals surface area contributed by atoms with Gasteiger partial charge < -0.3 is 24.4 Å². The van der Waals surface area contributed by atoms with E-state index >= 15 is 0 Å². The molecule has 3 fully saturated rings. The van der Waals surface area contributed by atoms with E-state index in [1.807, 2.05) is 43.9 Å². The van der Waals surface area contributed by atoms with Crippen LogP contribution in [0.4, 0.5) is 0 Å². The number of carbonyl (C=O) groups excluding carboxylic acids is 3. The predicted molar refractivity (Wildman–Crippen MR) is 128 cm³/mol.